The van der Waals surface area contributed by atoms with Crippen molar-refractivity contribution in [1.82, 2.24) is 15.3 Å². The van der Waals surface area contributed by atoms with Gasteiger partial charge in [0.1, 0.15) is 0 Å². The van der Waals surface area contributed by atoms with Gasteiger partial charge in [-0.05, 0) is 65.8 Å². The number of hydrogen-bond donors (Lipinski definition) is 1. The molecule has 1 aliphatic rings. The average Bonchev–Trinajstić information content (AvgIpc) is 2.35. The van der Waals surface area contributed by atoms with Gasteiger partial charge in [0, 0.05) is 6.20 Å². The highest BCUT2D eigenvalue weighted by Gasteiger charge is 2.13. The van der Waals surface area contributed by atoms with Crippen LogP contribution in [0.4, 0.5) is 0 Å². The van der Waals surface area contributed by atoms with Crippen molar-refractivity contribution in [3.8, 4) is 5.88 Å². The van der Waals surface area contributed by atoms with Crippen molar-refractivity contribution in [3.63, 3.8) is 0 Å². The van der Waals surface area contributed by atoms with Crippen LogP contribution in [0.2, 0.25) is 5.28 Å². The molecular weight excluding hydrogens is 305 g/mol. The van der Waals surface area contributed by atoms with Crippen LogP contribution >= 0.6 is 27.5 Å². The van der Waals surface area contributed by atoms with Crippen molar-refractivity contribution >= 4 is 27.5 Å². The fourth-order valence-corrected chi connectivity index (χ4v) is 2.36. The van der Waals surface area contributed by atoms with Gasteiger partial charge in [0.2, 0.25) is 11.2 Å². The van der Waals surface area contributed by atoms with Gasteiger partial charge in [-0.25, -0.2) is 4.98 Å². The van der Waals surface area contributed by atoms with Gasteiger partial charge in [-0.3, -0.25) is 0 Å². The number of nitrogens with zero attached hydrogens (tertiary/aromatic N) is 2. The summed E-state index contributed by atoms with van der Waals surface area (Å²) in [5.74, 6) is 1.23. The molecule has 1 atom stereocenters. The second-order valence-corrected chi connectivity index (χ2v) is 5.33. The molecule has 2 rings (SSSR count). The third-order valence-corrected chi connectivity index (χ3v) is 3.57. The summed E-state index contributed by atoms with van der Waals surface area (Å²) >= 11 is 9.05. The molecule has 0 radical (unpaired) electrons. The minimum Gasteiger partial charge on any atom is -0.477 e. The summed E-state index contributed by atoms with van der Waals surface area (Å²) in [6.45, 7) is 2.90. The van der Waals surface area contributed by atoms with Crippen molar-refractivity contribution in [2.24, 2.45) is 5.92 Å². The molecule has 6 heteroatoms. The first-order valence-electron chi connectivity index (χ1n) is 5.77. The van der Waals surface area contributed by atoms with E-state index in [1.807, 2.05) is 0 Å². The van der Waals surface area contributed by atoms with Gasteiger partial charge in [-0.2, -0.15) is 4.98 Å². The van der Waals surface area contributed by atoms with Crippen LogP contribution in [0.1, 0.15) is 19.3 Å². The lowest BCUT2D eigenvalue weighted by molar-refractivity contribution is 0.246. The molecule has 4 nitrogen and oxygen atoms in total. The lowest BCUT2D eigenvalue weighted by Gasteiger charge is -2.22. The molecule has 1 fully saturated rings. The highest BCUT2D eigenvalue weighted by Crippen LogP contribution is 2.23. The van der Waals surface area contributed by atoms with E-state index in [2.05, 4.69) is 31.2 Å². The summed E-state index contributed by atoms with van der Waals surface area (Å²) in [6.07, 6.45) is 5.18. The summed E-state index contributed by atoms with van der Waals surface area (Å²) in [5, 5.41) is 3.60. The summed E-state index contributed by atoms with van der Waals surface area (Å²) in [7, 11) is 0. The molecule has 1 saturated heterocycles. The van der Waals surface area contributed by atoms with Gasteiger partial charge in [-0.1, -0.05) is 0 Å². The molecule has 2 heterocycles. The molecule has 0 bridgehead atoms. The van der Waals surface area contributed by atoms with Crippen molar-refractivity contribution in [1.29, 1.82) is 0 Å². The highest BCUT2D eigenvalue weighted by molar-refractivity contribution is 9.10. The molecule has 94 valence electrons. The Balaban J connectivity index is 1.79. The fourth-order valence-electron chi connectivity index (χ4n) is 1.93. The summed E-state index contributed by atoms with van der Waals surface area (Å²) in [4.78, 5) is 7.88. The Bertz CT molecular complexity index is 372. The third-order valence-electron chi connectivity index (χ3n) is 2.85. The normalized spacial score (nSPS) is 20.2. The van der Waals surface area contributed by atoms with E-state index in [4.69, 9.17) is 16.3 Å². The summed E-state index contributed by atoms with van der Waals surface area (Å²) < 4.78 is 6.35. The largest absolute Gasteiger partial charge is 0.477 e. The first-order chi connectivity index (χ1) is 8.25. The molecule has 1 N–H and O–H groups in total. The molecule has 1 aromatic rings. The van der Waals surface area contributed by atoms with E-state index in [1.54, 1.807) is 6.20 Å². The maximum Gasteiger partial charge on any atom is 0.232 e. The van der Waals surface area contributed by atoms with Crippen LogP contribution in [0, 0.1) is 5.92 Å². The first-order valence-corrected chi connectivity index (χ1v) is 6.94. The van der Waals surface area contributed by atoms with Crippen LogP contribution < -0.4 is 10.1 Å². The van der Waals surface area contributed by atoms with Crippen LogP contribution in [0.5, 0.6) is 5.88 Å². The number of hydrogen-bond acceptors (Lipinski definition) is 4. The van der Waals surface area contributed by atoms with Gasteiger partial charge in [0.25, 0.3) is 0 Å². The molecule has 1 unspecified atom stereocenters. The van der Waals surface area contributed by atoms with E-state index in [9.17, 15) is 0 Å². The molecule has 1 aliphatic heterocycles. The van der Waals surface area contributed by atoms with Crippen LogP contribution in [0.25, 0.3) is 0 Å². The molecule has 0 aliphatic carbocycles. The van der Waals surface area contributed by atoms with Gasteiger partial charge >= 0.3 is 0 Å². The van der Waals surface area contributed by atoms with E-state index >= 15 is 0 Å². The van der Waals surface area contributed by atoms with Crippen molar-refractivity contribution in [2.75, 3.05) is 19.7 Å². The first kappa shape index (κ1) is 13.1. The van der Waals surface area contributed by atoms with Crippen LogP contribution in [0.15, 0.2) is 10.7 Å². The number of nitrogens with one attached hydrogen (secondary N) is 1. The zero-order chi connectivity index (χ0) is 12.1. The van der Waals surface area contributed by atoms with Crippen LogP contribution in [0.3, 0.4) is 0 Å². The number of piperidine rings is 1. The van der Waals surface area contributed by atoms with E-state index in [0.717, 1.165) is 24.0 Å². The van der Waals surface area contributed by atoms with Gasteiger partial charge in [-0.15, -0.1) is 0 Å². The zero-order valence-corrected chi connectivity index (χ0v) is 11.8. The Labute approximate surface area is 114 Å². The second kappa shape index (κ2) is 6.52. The third kappa shape index (κ3) is 4.08. The average molecular weight is 321 g/mol. The second-order valence-electron chi connectivity index (χ2n) is 4.14. The molecular formula is C11H15BrClN3O. The number of halogens is 2. The number of aromatic nitrogens is 2. The smallest absolute Gasteiger partial charge is 0.232 e. The summed E-state index contributed by atoms with van der Waals surface area (Å²) in [5.41, 5.74) is 0. The predicted octanol–water partition coefficient (Wildman–Crippen LogP) is 2.66. The van der Waals surface area contributed by atoms with Crippen molar-refractivity contribution in [3.05, 3.63) is 16.0 Å². The topological polar surface area (TPSA) is 47.0 Å². The number of rotatable bonds is 4. The minimum absolute atomic E-state index is 0.211. The van der Waals surface area contributed by atoms with Crippen molar-refractivity contribution in [2.45, 2.75) is 19.3 Å². The Kier molecular flexibility index (Phi) is 5.00. The van der Waals surface area contributed by atoms with Crippen LogP contribution in [-0.4, -0.2) is 29.7 Å². The maximum absolute atomic E-state index is 5.71. The van der Waals surface area contributed by atoms with Crippen molar-refractivity contribution < 1.29 is 4.74 Å². The molecule has 0 amide bonds. The SMILES string of the molecule is Clc1ncc(Br)c(OCCC2CCCNC2)n1. The molecule has 17 heavy (non-hydrogen) atoms. The molecule has 0 saturated carbocycles. The standard InChI is InChI=1S/C11H15BrClN3O/c12-9-7-15-11(13)16-10(9)17-5-3-8-2-1-4-14-6-8/h7-8,14H,1-6H2. The molecule has 0 aromatic carbocycles. The predicted molar refractivity (Wildman–Crippen MR) is 70.4 cm³/mol. The lowest BCUT2D eigenvalue weighted by atomic mass is 9.97. The quantitative estimate of drug-likeness (QED) is 0.867. The summed E-state index contributed by atoms with van der Waals surface area (Å²) in [6, 6.07) is 0. The van der Waals surface area contributed by atoms with E-state index in [1.165, 1.54) is 12.8 Å². The van der Waals surface area contributed by atoms with E-state index in [-0.39, 0.29) is 5.28 Å². The van der Waals surface area contributed by atoms with Gasteiger partial charge < -0.3 is 10.1 Å². The minimum atomic E-state index is 0.211. The lowest BCUT2D eigenvalue weighted by Crippen LogP contribution is -2.30. The Hall–Kier alpha value is -0.390. The fraction of sp³-hybridized carbons (Fsp3) is 0.636. The number of ether oxygens (including phenoxy) is 1. The monoisotopic (exact) mass is 319 g/mol. The molecule has 1 aromatic heterocycles. The Morgan fingerprint density at radius 1 is 1.59 bits per heavy atom. The van der Waals surface area contributed by atoms with E-state index < -0.39 is 0 Å². The maximum atomic E-state index is 5.71. The zero-order valence-electron chi connectivity index (χ0n) is 9.46. The Morgan fingerprint density at radius 2 is 2.47 bits per heavy atom. The van der Waals surface area contributed by atoms with Gasteiger partial charge in [0.15, 0.2) is 0 Å². The Morgan fingerprint density at radius 3 is 3.24 bits per heavy atom. The van der Waals surface area contributed by atoms with Gasteiger partial charge in [0.05, 0.1) is 11.1 Å². The molecule has 0 spiro atoms. The highest BCUT2D eigenvalue weighted by atomic mass is 79.9. The van der Waals surface area contributed by atoms with Crippen LogP contribution in [-0.2, 0) is 0 Å². The van der Waals surface area contributed by atoms with E-state index in [0.29, 0.717) is 18.4 Å².